The number of hydrogen-bond donors (Lipinski definition) is 1. The topological polar surface area (TPSA) is 68.5 Å². The molecule has 0 saturated carbocycles. The molecule has 98 valence electrons. The van der Waals surface area contributed by atoms with Gasteiger partial charge in [0.05, 0.1) is 12.1 Å². The maximum atomic E-state index is 11.7. The standard InChI is InChI=1S/C12H17N3O2S/c1-3-15(8-6-10(13)18)11-9(12(16)17-2)5-4-7-14-11/h4-5,7H,3,6,8H2,1-2H3,(H2,13,18). The maximum absolute atomic E-state index is 11.7. The largest absolute Gasteiger partial charge is 0.465 e. The van der Waals surface area contributed by atoms with Crippen molar-refractivity contribution in [3.8, 4) is 0 Å². The summed E-state index contributed by atoms with van der Waals surface area (Å²) in [6.07, 6.45) is 2.23. The Kier molecular flexibility index (Phi) is 5.51. The summed E-state index contributed by atoms with van der Waals surface area (Å²) in [5, 5.41) is 0. The van der Waals surface area contributed by atoms with Crippen LogP contribution in [0.5, 0.6) is 0 Å². The average Bonchev–Trinajstić information content (AvgIpc) is 2.38. The molecular weight excluding hydrogens is 250 g/mol. The summed E-state index contributed by atoms with van der Waals surface area (Å²) < 4.78 is 4.74. The van der Waals surface area contributed by atoms with E-state index in [1.54, 1.807) is 18.3 Å². The molecule has 0 spiro atoms. The van der Waals surface area contributed by atoms with Crippen molar-refractivity contribution in [1.82, 2.24) is 4.98 Å². The molecule has 0 atom stereocenters. The van der Waals surface area contributed by atoms with Gasteiger partial charge in [0.2, 0.25) is 0 Å². The van der Waals surface area contributed by atoms with Crippen molar-refractivity contribution in [3.63, 3.8) is 0 Å². The Hall–Kier alpha value is -1.69. The molecule has 0 fully saturated rings. The quantitative estimate of drug-likeness (QED) is 0.620. The number of methoxy groups -OCH3 is 1. The van der Waals surface area contributed by atoms with E-state index < -0.39 is 5.97 Å². The predicted octanol–water partition coefficient (Wildman–Crippen LogP) is 1.37. The number of pyridine rings is 1. The van der Waals surface area contributed by atoms with Gasteiger partial charge in [-0.1, -0.05) is 12.2 Å². The number of esters is 1. The fourth-order valence-electron chi connectivity index (χ4n) is 1.58. The van der Waals surface area contributed by atoms with Crippen molar-refractivity contribution in [2.45, 2.75) is 13.3 Å². The zero-order chi connectivity index (χ0) is 13.5. The van der Waals surface area contributed by atoms with E-state index in [1.165, 1.54) is 7.11 Å². The molecule has 1 aromatic heterocycles. The van der Waals surface area contributed by atoms with Gasteiger partial charge in [-0.2, -0.15) is 0 Å². The molecule has 0 amide bonds. The Labute approximate surface area is 112 Å². The van der Waals surface area contributed by atoms with Crippen LogP contribution in [0.25, 0.3) is 0 Å². The van der Waals surface area contributed by atoms with Crippen molar-refractivity contribution in [2.24, 2.45) is 5.73 Å². The summed E-state index contributed by atoms with van der Waals surface area (Å²) in [4.78, 5) is 18.3. The van der Waals surface area contributed by atoms with E-state index in [0.29, 0.717) is 35.9 Å². The Morgan fingerprint density at radius 2 is 2.33 bits per heavy atom. The summed E-state index contributed by atoms with van der Waals surface area (Å²) >= 11 is 4.86. The number of carbonyl (C=O) groups excluding carboxylic acids is 1. The average molecular weight is 267 g/mol. The number of aromatic nitrogens is 1. The molecule has 5 nitrogen and oxygen atoms in total. The highest BCUT2D eigenvalue weighted by atomic mass is 32.1. The molecule has 2 N–H and O–H groups in total. The summed E-state index contributed by atoms with van der Waals surface area (Å²) in [7, 11) is 1.35. The number of thiocarbonyl (C=S) groups is 1. The van der Waals surface area contributed by atoms with Crippen molar-refractivity contribution in [3.05, 3.63) is 23.9 Å². The minimum Gasteiger partial charge on any atom is -0.465 e. The number of nitrogens with two attached hydrogens (primary N) is 1. The first-order valence-electron chi connectivity index (χ1n) is 5.66. The predicted molar refractivity (Wildman–Crippen MR) is 74.9 cm³/mol. The molecule has 0 aromatic carbocycles. The summed E-state index contributed by atoms with van der Waals surface area (Å²) in [5.41, 5.74) is 5.94. The van der Waals surface area contributed by atoms with Crippen LogP contribution in [0.1, 0.15) is 23.7 Å². The Morgan fingerprint density at radius 3 is 2.89 bits per heavy atom. The zero-order valence-corrected chi connectivity index (χ0v) is 11.4. The van der Waals surface area contributed by atoms with Gasteiger partial charge in [-0.05, 0) is 19.1 Å². The molecule has 0 aliphatic heterocycles. The first-order chi connectivity index (χ1) is 8.60. The second-order valence-electron chi connectivity index (χ2n) is 3.66. The number of nitrogens with zero attached hydrogens (tertiary/aromatic N) is 2. The van der Waals surface area contributed by atoms with Crippen LogP contribution in [0.4, 0.5) is 5.82 Å². The summed E-state index contributed by atoms with van der Waals surface area (Å²) in [5.74, 6) is 0.204. The normalized spacial score (nSPS) is 9.89. The highest BCUT2D eigenvalue weighted by molar-refractivity contribution is 7.80. The van der Waals surface area contributed by atoms with E-state index in [2.05, 4.69) is 4.98 Å². The molecule has 0 aliphatic rings. The van der Waals surface area contributed by atoms with Crippen LogP contribution in [-0.2, 0) is 4.74 Å². The molecule has 18 heavy (non-hydrogen) atoms. The lowest BCUT2D eigenvalue weighted by Crippen LogP contribution is -2.29. The van der Waals surface area contributed by atoms with Gasteiger partial charge in [0, 0.05) is 25.7 Å². The molecule has 0 unspecified atom stereocenters. The van der Waals surface area contributed by atoms with E-state index >= 15 is 0 Å². The minimum atomic E-state index is -0.396. The second kappa shape index (κ2) is 6.90. The van der Waals surface area contributed by atoms with Gasteiger partial charge in [-0.3, -0.25) is 0 Å². The van der Waals surface area contributed by atoms with Crippen molar-refractivity contribution >= 4 is 29.0 Å². The molecular formula is C12H17N3O2S. The summed E-state index contributed by atoms with van der Waals surface area (Å²) in [6.45, 7) is 3.33. The van der Waals surface area contributed by atoms with Crippen LogP contribution >= 0.6 is 12.2 Å². The van der Waals surface area contributed by atoms with Crippen LogP contribution < -0.4 is 10.6 Å². The minimum absolute atomic E-state index is 0.396. The number of ether oxygens (including phenoxy) is 1. The monoisotopic (exact) mass is 267 g/mol. The highest BCUT2D eigenvalue weighted by Crippen LogP contribution is 2.18. The van der Waals surface area contributed by atoms with Crippen molar-refractivity contribution in [1.29, 1.82) is 0 Å². The molecule has 0 aliphatic carbocycles. The SMILES string of the molecule is CCN(CCC(N)=S)c1ncccc1C(=O)OC. The number of anilines is 1. The van der Waals surface area contributed by atoms with Crippen LogP contribution in [0.3, 0.4) is 0 Å². The maximum Gasteiger partial charge on any atom is 0.341 e. The third-order valence-electron chi connectivity index (χ3n) is 2.50. The van der Waals surface area contributed by atoms with Crippen molar-refractivity contribution < 1.29 is 9.53 Å². The van der Waals surface area contributed by atoms with E-state index in [9.17, 15) is 4.79 Å². The zero-order valence-electron chi connectivity index (χ0n) is 10.5. The Balaban J connectivity index is 2.97. The third-order valence-corrected chi connectivity index (χ3v) is 2.71. The van der Waals surface area contributed by atoms with Gasteiger partial charge < -0.3 is 15.4 Å². The Morgan fingerprint density at radius 1 is 1.61 bits per heavy atom. The van der Waals surface area contributed by atoms with Gasteiger partial charge >= 0.3 is 5.97 Å². The first kappa shape index (κ1) is 14.4. The van der Waals surface area contributed by atoms with E-state index in [1.807, 2.05) is 11.8 Å². The van der Waals surface area contributed by atoms with Gasteiger partial charge in [0.15, 0.2) is 0 Å². The van der Waals surface area contributed by atoms with Crippen LogP contribution in [0.2, 0.25) is 0 Å². The fraction of sp³-hybridized carbons (Fsp3) is 0.417. The number of rotatable bonds is 6. The molecule has 0 saturated heterocycles. The van der Waals surface area contributed by atoms with Gasteiger partial charge in [-0.25, -0.2) is 9.78 Å². The van der Waals surface area contributed by atoms with Crippen LogP contribution in [0, 0.1) is 0 Å². The molecule has 1 rings (SSSR count). The molecule has 1 heterocycles. The molecule has 0 bridgehead atoms. The molecule has 1 aromatic rings. The lowest BCUT2D eigenvalue weighted by molar-refractivity contribution is 0.0601. The van der Waals surface area contributed by atoms with Crippen LogP contribution in [-0.4, -0.2) is 36.1 Å². The lowest BCUT2D eigenvalue weighted by Gasteiger charge is -2.23. The second-order valence-corrected chi connectivity index (χ2v) is 4.19. The van der Waals surface area contributed by atoms with E-state index in [0.717, 1.165) is 0 Å². The van der Waals surface area contributed by atoms with Gasteiger partial charge in [-0.15, -0.1) is 0 Å². The molecule has 6 heteroatoms. The smallest absolute Gasteiger partial charge is 0.341 e. The van der Waals surface area contributed by atoms with Crippen LogP contribution in [0.15, 0.2) is 18.3 Å². The fourth-order valence-corrected chi connectivity index (χ4v) is 1.67. The van der Waals surface area contributed by atoms with E-state index in [4.69, 9.17) is 22.7 Å². The number of carbonyl (C=O) groups is 1. The lowest BCUT2D eigenvalue weighted by atomic mass is 10.2. The van der Waals surface area contributed by atoms with Gasteiger partial charge in [0.1, 0.15) is 11.4 Å². The van der Waals surface area contributed by atoms with E-state index in [-0.39, 0.29) is 0 Å². The Bertz CT molecular complexity index is 437. The van der Waals surface area contributed by atoms with Gasteiger partial charge in [0.25, 0.3) is 0 Å². The van der Waals surface area contributed by atoms with Crippen molar-refractivity contribution in [2.75, 3.05) is 25.1 Å². The summed E-state index contributed by atoms with van der Waals surface area (Å²) in [6, 6.07) is 3.40. The molecule has 0 radical (unpaired) electrons. The highest BCUT2D eigenvalue weighted by Gasteiger charge is 2.17. The first-order valence-corrected chi connectivity index (χ1v) is 6.07. The third kappa shape index (κ3) is 3.66. The number of hydrogen-bond acceptors (Lipinski definition) is 5.